The van der Waals surface area contributed by atoms with E-state index in [1.165, 1.54) is 24.3 Å². The van der Waals surface area contributed by atoms with Crippen LogP contribution in [0.15, 0.2) is 24.3 Å². The highest BCUT2D eigenvalue weighted by molar-refractivity contribution is 5.96. The lowest BCUT2D eigenvalue weighted by Gasteiger charge is -2.39. The topological polar surface area (TPSA) is 40.5 Å². The third-order valence-electron chi connectivity index (χ3n) is 4.06. The molecule has 1 saturated heterocycles. The molecule has 1 aliphatic heterocycles. The molecule has 1 aliphatic rings. The van der Waals surface area contributed by atoms with Crippen LogP contribution in [0.1, 0.15) is 36.5 Å². The van der Waals surface area contributed by atoms with Gasteiger partial charge < -0.3 is 10.0 Å². The Kier molecular flexibility index (Phi) is 4.89. The van der Waals surface area contributed by atoms with Crippen LogP contribution in [0, 0.1) is 11.2 Å². The summed E-state index contributed by atoms with van der Waals surface area (Å²) >= 11 is 0. The summed E-state index contributed by atoms with van der Waals surface area (Å²) in [5.74, 6) is -0.280. The van der Waals surface area contributed by atoms with Gasteiger partial charge in [-0.1, -0.05) is 6.92 Å². The Labute approximate surface area is 119 Å². The summed E-state index contributed by atoms with van der Waals surface area (Å²) in [5.41, 5.74) is 0.519. The molecule has 0 aliphatic carbocycles. The minimum Gasteiger partial charge on any atom is -0.396 e. The monoisotopic (exact) mass is 279 g/mol. The molecule has 0 saturated carbocycles. The van der Waals surface area contributed by atoms with E-state index in [4.69, 9.17) is 0 Å². The van der Waals surface area contributed by atoms with Crippen molar-refractivity contribution in [2.45, 2.75) is 26.2 Å². The van der Waals surface area contributed by atoms with Crippen LogP contribution in [0.2, 0.25) is 0 Å². The summed E-state index contributed by atoms with van der Waals surface area (Å²) < 4.78 is 12.8. The maximum Gasteiger partial charge on any atom is 0.164 e. The van der Waals surface area contributed by atoms with Gasteiger partial charge >= 0.3 is 0 Å². The van der Waals surface area contributed by atoms with Crippen LogP contribution in [-0.2, 0) is 0 Å². The van der Waals surface area contributed by atoms with Gasteiger partial charge in [-0.05, 0) is 43.7 Å². The van der Waals surface area contributed by atoms with Crippen LogP contribution in [0.4, 0.5) is 4.39 Å². The summed E-state index contributed by atoms with van der Waals surface area (Å²) in [4.78, 5) is 14.3. The number of aliphatic hydroxyl groups is 1. The van der Waals surface area contributed by atoms with Crippen LogP contribution in [0.25, 0.3) is 0 Å². The summed E-state index contributed by atoms with van der Waals surface area (Å²) in [6, 6.07) is 5.70. The largest absolute Gasteiger partial charge is 0.396 e. The lowest BCUT2D eigenvalue weighted by atomic mass is 9.83. The Morgan fingerprint density at radius 3 is 2.75 bits per heavy atom. The Morgan fingerprint density at radius 1 is 1.40 bits per heavy atom. The summed E-state index contributed by atoms with van der Waals surface area (Å²) in [5, 5.41) is 9.42. The molecule has 1 aromatic carbocycles. The highest BCUT2D eigenvalue weighted by Gasteiger charge is 2.30. The molecule has 1 fully saturated rings. The molecule has 4 heteroatoms. The number of carbonyl (C=O) groups excluding carboxylic acids is 1. The second kappa shape index (κ2) is 6.46. The highest BCUT2D eigenvalue weighted by Crippen LogP contribution is 2.28. The minimum absolute atomic E-state index is 0.0428. The number of piperidine rings is 1. The van der Waals surface area contributed by atoms with Crippen LogP contribution in [0.5, 0.6) is 0 Å². The zero-order valence-electron chi connectivity index (χ0n) is 11.9. The maximum absolute atomic E-state index is 12.8. The summed E-state index contributed by atoms with van der Waals surface area (Å²) in [6.07, 6.45) is 2.53. The number of hydrogen-bond acceptors (Lipinski definition) is 3. The normalized spacial score (nSPS) is 23.8. The molecule has 0 amide bonds. The second-order valence-corrected chi connectivity index (χ2v) is 6.03. The fourth-order valence-corrected chi connectivity index (χ4v) is 2.79. The molecule has 20 heavy (non-hydrogen) atoms. The number of Topliss-reactive ketones (excluding diaryl/α,β-unsaturated/α-hetero) is 1. The molecule has 1 aromatic rings. The van der Waals surface area contributed by atoms with E-state index in [-0.39, 0.29) is 23.6 Å². The Bertz CT molecular complexity index is 460. The average Bonchev–Trinajstić information content (AvgIpc) is 2.46. The van der Waals surface area contributed by atoms with Gasteiger partial charge in [-0.25, -0.2) is 4.39 Å². The van der Waals surface area contributed by atoms with Crippen LogP contribution in [-0.4, -0.2) is 42.0 Å². The number of likely N-dealkylation sites (tertiary alicyclic amines) is 1. The molecule has 0 radical (unpaired) electrons. The maximum atomic E-state index is 12.8. The van der Waals surface area contributed by atoms with E-state index in [1.807, 2.05) is 0 Å². The SMILES string of the molecule is CC1(CO)CCCN(CCC(=O)c2ccc(F)cc2)C1. The molecule has 110 valence electrons. The lowest BCUT2D eigenvalue weighted by molar-refractivity contribution is 0.0455. The van der Waals surface area contributed by atoms with Crippen molar-refractivity contribution in [3.05, 3.63) is 35.6 Å². The van der Waals surface area contributed by atoms with E-state index in [0.29, 0.717) is 18.5 Å². The second-order valence-electron chi connectivity index (χ2n) is 6.03. The van der Waals surface area contributed by atoms with Gasteiger partial charge in [0, 0.05) is 37.1 Å². The average molecular weight is 279 g/mol. The summed E-state index contributed by atoms with van der Waals surface area (Å²) in [7, 11) is 0. The molecule has 1 heterocycles. The van der Waals surface area contributed by atoms with Crippen LogP contribution in [0.3, 0.4) is 0 Å². The Morgan fingerprint density at radius 2 is 2.10 bits per heavy atom. The number of rotatable bonds is 5. The molecule has 2 rings (SSSR count). The first-order valence-corrected chi connectivity index (χ1v) is 7.14. The number of carbonyl (C=O) groups is 1. The molecule has 1 atom stereocenters. The zero-order valence-corrected chi connectivity index (χ0v) is 11.9. The number of ketones is 1. The smallest absolute Gasteiger partial charge is 0.164 e. The van der Waals surface area contributed by atoms with Gasteiger partial charge in [-0.3, -0.25) is 4.79 Å². The van der Waals surface area contributed by atoms with E-state index < -0.39 is 0 Å². The molecule has 0 bridgehead atoms. The van der Waals surface area contributed by atoms with Gasteiger partial charge in [0.2, 0.25) is 0 Å². The lowest BCUT2D eigenvalue weighted by Crippen LogP contribution is -2.44. The predicted molar refractivity (Wildman–Crippen MR) is 76.2 cm³/mol. The first kappa shape index (κ1) is 15.1. The molecule has 1 unspecified atom stereocenters. The first-order chi connectivity index (χ1) is 9.52. The number of halogens is 1. The van der Waals surface area contributed by atoms with Crippen molar-refractivity contribution in [1.29, 1.82) is 0 Å². The van der Waals surface area contributed by atoms with Crippen molar-refractivity contribution in [2.75, 3.05) is 26.2 Å². The van der Waals surface area contributed by atoms with Crippen molar-refractivity contribution in [1.82, 2.24) is 4.90 Å². The van der Waals surface area contributed by atoms with Crippen molar-refractivity contribution < 1.29 is 14.3 Å². The van der Waals surface area contributed by atoms with Gasteiger partial charge in [0.1, 0.15) is 5.82 Å². The van der Waals surface area contributed by atoms with E-state index >= 15 is 0 Å². The van der Waals surface area contributed by atoms with Crippen molar-refractivity contribution >= 4 is 5.78 Å². The predicted octanol–water partition coefficient (Wildman–Crippen LogP) is 2.49. The molecular weight excluding hydrogens is 257 g/mol. The van der Waals surface area contributed by atoms with Gasteiger partial charge in [0.25, 0.3) is 0 Å². The van der Waals surface area contributed by atoms with Crippen LogP contribution < -0.4 is 0 Å². The van der Waals surface area contributed by atoms with Crippen molar-refractivity contribution in [3.8, 4) is 0 Å². The van der Waals surface area contributed by atoms with Crippen molar-refractivity contribution in [2.24, 2.45) is 5.41 Å². The number of nitrogens with zero attached hydrogens (tertiary/aromatic N) is 1. The van der Waals surface area contributed by atoms with Crippen LogP contribution >= 0.6 is 0 Å². The fraction of sp³-hybridized carbons (Fsp3) is 0.562. The third-order valence-corrected chi connectivity index (χ3v) is 4.06. The highest BCUT2D eigenvalue weighted by atomic mass is 19.1. The van der Waals surface area contributed by atoms with Gasteiger partial charge in [-0.15, -0.1) is 0 Å². The number of benzene rings is 1. The first-order valence-electron chi connectivity index (χ1n) is 7.14. The fourth-order valence-electron chi connectivity index (χ4n) is 2.79. The quantitative estimate of drug-likeness (QED) is 0.842. The summed E-state index contributed by atoms with van der Waals surface area (Å²) in [6.45, 7) is 4.79. The van der Waals surface area contributed by atoms with E-state index in [9.17, 15) is 14.3 Å². The van der Waals surface area contributed by atoms with E-state index in [0.717, 1.165) is 25.9 Å². The van der Waals surface area contributed by atoms with Crippen molar-refractivity contribution in [3.63, 3.8) is 0 Å². The minimum atomic E-state index is -0.323. The number of aliphatic hydroxyl groups excluding tert-OH is 1. The molecular formula is C16H22FNO2. The molecule has 0 aromatic heterocycles. The van der Waals surface area contributed by atoms with E-state index in [2.05, 4.69) is 11.8 Å². The van der Waals surface area contributed by atoms with E-state index in [1.54, 1.807) is 0 Å². The molecule has 3 nitrogen and oxygen atoms in total. The molecule has 1 N–H and O–H groups in total. The van der Waals surface area contributed by atoms with Gasteiger partial charge in [-0.2, -0.15) is 0 Å². The van der Waals surface area contributed by atoms with Gasteiger partial charge in [0.05, 0.1) is 0 Å². The standard InChI is InChI=1S/C16H22FNO2/c1-16(12-19)8-2-9-18(11-16)10-7-15(20)13-3-5-14(17)6-4-13/h3-6,19H,2,7-12H2,1H3. The number of hydrogen-bond donors (Lipinski definition) is 1. The zero-order chi connectivity index (χ0) is 14.6. The third kappa shape index (κ3) is 3.87. The molecule has 0 spiro atoms. The Hall–Kier alpha value is -1.26. The van der Waals surface area contributed by atoms with Gasteiger partial charge in [0.15, 0.2) is 5.78 Å². The Balaban J connectivity index is 1.85.